The third-order valence-corrected chi connectivity index (χ3v) is 2.42. The van der Waals surface area contributed by atoms with Crippen LogP contribution in [-0.4, -0.2) is 19.8 Å². The van der Waals surface area contributed by atoms with E-state index in [1.54, 1.807) is 13.2 Å². The molecule has 0 bridgehead atoms. The van der Waals surface area contributed by atoms with Gasteiger partial charge in [0.05, 0.1) is 11.7 Å². The van der Waals surface area contributed by atoms with Crippen molar-refractivity contribution in [1.29, 1.82) is 0 Å². The molecule has 0 fully saturated rings. The second-order valence-corrected chi connectivity index (χ2v) is 3.88. The molecule has 0 aromatic heterocycles. The van der Waals surface area contributed by atoms with Gasteiger partial charge >= 0.3 is 6.18 Å². The van der Waals surface area contributed by atoms with E-state index in [9.17, 15) is 13.2 Å². The molecule has 0 heterocycles. The molecule has 1 rings (SSSR count). The maximum absolute atomic E-state index is 12.4. The molecule has 17 heavy (non-hydrogen) atoms. The van der Waals surface area contributed by atoms with Crippen molar-refractivity contribution < 1.29 is 17.9 Å². The molecule has 0 aliphatic carbocycles. The van der Waals surface area contributed by atoms with Crippen molar-refractivity contribution in [3.8, 4) is 0 Å². The molecular weight excluding hydrogens is 231 g/mol. The fourth-order valence-electron chi connectivity index (χ4n) is 1.36. The second-order valence-electron chi connectivity index (χ2n) is 3.88. The van der Waals surface area contributed by atoms with Gasteiger partial charge < -0.3 is 10.1 Å². The molecule has 0 aliphatic heterocycles. The van der Waals surface area contributed by atoms with Gasteiger partial charge in [0.25, 0.3) is 0 Å². The van der Waals surface area contributed by atoms with E-state index in [0.717, 1.165) is 12.1 Å². The molecule has 0 amide bonds. The smallest absolute Gasteiger partial charge is 0.380 e. The highest BCUT2D eigenvalue weighted by Gasteiger charge is 2.30. The second kappa shape index (κ2) is 6.02. The van der Waals surface area contributed by atoms with Gasteiger partial charge in [-0.2, -0.15) is 13.2 Å². The lowest BCUT2D eigenvalue weighted by Crippen LogP contribution is -2.25. The van der Waals surface area contributed by atoms with Crippen molar-refractivity contribution in [2.75, 3.05) is 13.7 Å². The Morgan fingerprint density at radius 1 is 1.35 bits per heavy atom. The van der Waals surface area contributed by atoms with Gasteiger partial charge in [0.1, 0.15) is 0 Å². The Balaban J connectivity index is 2.55. The predicted molar refractivity (Wildman–Crippen MR) is 59.6 cm³/mol. The first-order chi connectivity index (χ1) is 7.93. The van der Waals surface area contributed by atoms with Gasteiger partial charge in [-0.1, -0.05) is 18.2 Å². The molecule has 1 aromatic rings. The number of benzene rings is 1. The van der Waals surface area contributed by atoms with Gasteiger partial charge in [0, 0.05) is 20.2 Å². The minimum absolute atomic E-state index is 0.0424. The lowest BCUT2D eigenvalue weighted by Gasteiger charge is -2.12. The van der Waals surface area contributed by atoms with E-state index in [0.29, 0.717) is 18.7 Å². The molecule has 0 saturated heterocycles. The van der Waals surface area contributed by atoms with Crippen LogP contribution < -0.4 is 5.32 Å². The number of rotatable bonds is 5. The first-order valence-corrected chi connectivity index (χ1v) is 5.33. The fraction of sp³-hybridized carbons (Fsp3) is 0.500. The number of hydrogen-bond donors (Lipinski definition) is 1. The summed E-state index contributed by atoms with van der Waals surface area (Å²) in [5, 5.41) is 3.04. The average Bonchev–Trinajstić information content (AvgIpc) is 2.28. The molecule has 0 spiro atoms. The maximum atomic E-state index is 12.4. The van der Waals surface area contributed by atoms with E-state index in [2.05, 4.69) is 5.32 Å². The van der Waals surface area contributed by atoms with Crippen molar-refractivity contribution in [3.05, 3.63) is 35.4 Å². The number of halogens is 3. The summed E-state index contributed by atoms with van der Waals surface area (Å²) in [6, 6.07) is 5.31. The molecule has 0 radical (unpaired) electrons. The number of hydrogen-bond acceptors (Lipinski definition) is 2. The van der Waals surface area contributed by atoms with Gasteiger partial charge in [0.2, 0.25) is 0 Å². The zero-order valence-corrected chi connectivity index (χ0v) is 9.84. The molecule has 1 N–H and O–H groups in total. The maximum Gasteiger partial charge on any atom is 0.416 e. The van der Waals surface area contributed by atoms with Crippen molar-refractivity contribution in [2.24, 2.45) is 0 Å². The third kappa shape index (κ3) is 4.75. The topological polar surface area (TPSA) is 21.3 Å². The van der Waals surface area contributed by atoms with E-state index < -0.39 is 11.7 Å². The fourth-order valence-corrected chi connectivity index (χ4v) is 1.36. The monoisotopic (exact) mass is 247 g/mol. The van der Waals surface area contributed by atoms with E-state index >= 15 is 0 Å². The quantitative estimate of drug-likeness (QED) is 0.863. The first-order valence-electron chi connectivity index (χ1n) is 5.33. The van der Waals surface area contributed by atoms with Gasteiger partial charge in [-0.15, -0.1) is 0 Å². The number of ether oxygens (including phenoxy) is 1. The average molecular weight is 247 g/mol. The lowest BCUT2D eigenvalue weighted by molar-refractivity contribution is -0.137. The summed E-state index contributed by atoms with van der Waals surface area (Å²) in [4.78, 5) is 0. The molecule has 1 atom stereocenters. The predicted octanol–water partition coefficient (Wildman–Crippen LogP) is 2.83. The van der Waals surface area contributed by atoms with Crippen LogP contribution in [0.1, 0.15) is 18.1 Å². The van der Waals surface area contributed by atoms with Gasteiger partial charge in [0.15, 0.2) is 0 Å². The van der Waals surface area contributed by atoms with Crippen molar-refractivity contribution in [2.45, 2.75) is 25.7 Å². The van der Waals surface area contributed by atoms with Gasteiger partial charge in [-0.25, -0.2) is 0 Å². The van der Waals surface area contributed by atoms with Crippen LogP contribution in [0.25, 0.3) is 0 Å². The first kappa shape index (κ1) is 14.0. The van der Waals surface area contributed by atoms with Gasteiger partial charge in [-0.3, -0.25) is 0 Å². The standard InChI is InChI=1S/C12H16F3NO/c1-9(17-2)7-16-8-10-4-3-5-11(6-10)12(13,14)15/h3-6,9,16H,7-8H2,1-2H3. The molecule has 0 saturated carbocycles. The Morgan fingerprint density at radius 2 is 2.06 bits per heavy atom. The Hall–Kier alpha value is -1.07. The number of nitrogens with one attached hydrogen (secondary N) is 1. The molecule has 96 valence electrons. The zero-order valence-electron chi connectivity index (χ0n) is 9.84. The summed E-state index contributed by atoms with van der Waals surface area (Å²) < 4.78 is 42.3. The van der Waals surface area contributed by atoms with E-state index in [1.807, 2.05) is 6.92 Å². The Labute approximate surface area is 98.8 Å². The Bertz CT molecular complexity index is 352. The van der Waals surface area contributed by atoms with Crippen LogP contribution in [0.5, 0.6) is 0 Å². The number of alkyl halides is 3. The van der Waals surface area contributed by atoms with Crippen LogP contribution in [0.15, 0.2) is 24.3 Å². The summed E-state index contributed by atoms with van der Waals surface area (Å²) in [5.41, 5.74) is -0.000261. The summed E-state index contributed by atoms with van der Waals surface area (Å²) in [5.74, 6) is 0. The highest BCUT2D eigenvalue weighted by atomic mass is 19.4. The van der Waals surface area contributed by atoms with Crippen LogP contribution in [0.4, 0.5) is 13.2 Å². The summed E-state index contributed by atoms with van der Waals surface area (Å²) >= 11 is 0. The van der Waals surface area contributed by atoms with E-state index in [4.69, 9.17) is 4.74 Å². The molecule has 5 heteroatoms. The third-order valence-electron chi connectivity index (χ3n) is 2.42. The van der Waals surface area contributed by atoms with E-state index in [1.165, 1.54) is 6.07 Å². The lowest BCUT2D eigenvalue weighted by atomic mass is 10.1. The SMILES string of the molecule is COC(C)CNCc1cccc(C(F)(F)F)c1. The molecule has 2 nitrogen and oxygen atoms in total. The summed E-state index contributed by atoms with van der Waals surface area (Å²) in [6.45, 7) is 2.89. The van der Waals surface area contributed by atoms with Crippen LogP contribution in [0, 0.1) is 0 Å². The molecule has 1 unspecified atom stereocenters. The Kier molecular flexibility index (Phi) is 4.96. The normalized spacial score (nSPS) is 13.7. The van der Waals surface area contributed by atoms with Crippen LogP contribution in [0.2, 0.25) is 0 Å². The van der Waals surface area contributed by atoms with Crippen molar-refractivity contribution in [1.82, 2.24) is 5.32 Å². The molecular formula is C12H16F3NO. The highest BCUT2D eigenvalue weighted by Crippen LogP contribution is 2.29. The molecule has 1 aromatic carbocycles. The molecule has 0 aliphatic rings. The van der Waals surface area contributed by atoms with Crippen molar-refractivity contribution >= 4 is 0 Å². The van der Waals surface area contributed by atoms with Crippen molar-refractivity contribution in [3.63, 3.8) is 0 Å². The van der Waals surface area contributed by atoms with Crippen LogP contribution in [0.3, 0.4) is 0 Å². The van der Waals surface area contributed by atoms with Crippen LogP contribution >= 0.6 is 0 Å². The van der Waals surface area contributed by atoms with Gasteiger partial charge in [-0.05, 0) is 18.6 Å². The largest absolute Gasteiger partial charge is 0.416 e. The highest BCUT2D eigenvalue weighted by molar-refractivity contribution is 5.25. The minimum Gasteiger partial charge on any atom is -0.380 e. The number of methoxy groups -OCH3 is 1. The van der Waals surface area contributed by atoms with E-state index in [-0.39, 0.29) is 6.10 Å². The zero-order chi connectivity index (χ0) is 12.9. The summed E-state index contributed by atoms with van der Waals surface area (Å²) in [7, 11) is 1.59. The summed E-state index contributed by atoms with van der Waals surface area (Å²) in [6.07, 6.45) is -4.24. The minimum atomic E-state index is -4.28. The van der Waals surface area contributed by atoms with Crippen LogP contribution in [-0.2, 0) is 17.5 Å². The Morgan fingerprint density at radius 3 is 2.65 bits per heavy atom.